The number of pyridine rings is 1. The van der Waals surface area contributed by atoms with Crippen molar-refractivity contribution in [2.24, 2.45) is 0 Å². The Bertz CT molecular complexity index is 1630. The van der Waals surface area contributed by atoms with Crippen LogP contribution in [-0.4, -0.2) is 59.2 Å². The molecule has 2 aliphatic heterocycles. The van der Waals surface area contributed by atoms with Gasteiger partial charge in [-0.2, -0.15) is 0 Å². The molecule has 1 amide bonds. The van der Waals surface area contributed by atoms with Gasteiger partial charge in [-0.05, 0) is 107 Å². The number of nitrogens with one attached hydrogen (secondary N) is 1. The number of fused-ring (bicyclic) bond motifs is 1. The minimum atomic E-state index is -0.299. The summed E-state index contributed by atoms with van der Waals surface area (Å²) in [5, 5.41) is 4.47. The Morgan fingerprint density at radius 3 is 2.44 bits per heavy atom. The number of hydrogen-bond donors (Lipinski definition) is 1. The van der Waals surface area contributed by atoms with Crippen LogP contribution in [-0.2, 0) is 12.1 Å². The third-order valence-electron chi connectivity index (χ3n) is 9.64. The van der Waals surface area contributed by atoms with Gasteiger partial charge >= 0.3 is 0 Å². The third-order valence-corrected chi connectivity index (χ3v) is 10.9. The first-order valence-corrected chi connectivity index (χ1v) is 17.7. The van der Waals surface area contributed by atoms with Crippen molar-refractivity contribution in [1.29, 1.82) is 0 Å². The van der Waals surface area contributed by atoms with Crippen LogP contribution in [0.4, 0.5) is 0 Å². The van der Waals surface area contributed by atoms with E-state index in [4.69, 9.17) is 4.98 Å². The molecule has 3 aliphatic rings. The SMILES string of the molecule is CSc1ccc2nc(-c3cccc(Br)c3)c(CN3CCC(N4CCCC4)CC3)c(C(=O)NC3(c4ccccc4)CC3)c2c1. The standard InChI is InChI=1S/C36H39BrN4OS/c1-43-29-12-13-32-30(23-29)33(35(42)39-36(16-17-36)26-9-3-2-4-10-26)31(34(38-32)25-8-7-11-27(37)22-25)24-40-20-14-28(15-21-40)41-18-5-6-19-41/h2-4,7-13,22-23,28H,5-6,14-21,24H2,1H3,(H,39,42). The van der Waals surface area contributed by atoms with Crippen LogP contribution in [0.5, 0.6) is 0 Å². The van der Waals surface area contributed by atoms with Crippen molar-refractivity contribution in [1.82, 2.24) is 20.1 Å². The molecular weight excluding hydrogens is 616 g/mol. The van der Waals surface area contributed by atoms with Crippen molar-refractivity contribution in [2.45, 2.75) is 61.5 Å². The molecular formula is C36H39BrN4OS. The van der Waals surface area contributed by atoms with E-state index in [1.807, 2.05) is 12.1 Å². The number of aromatic nitrogens is 1. The van der Waals surface area contributed by atoms with Crippen LogP contribution in [0.25, 0.3) is 22.2 Å². The average molecular weight is 656 g/mol. The maximum absolute atomic E-state index is 14.6. The molecule has 3 fully saturated rings. The second-order valence-electron chi connectivity index (χ2n) is 12.4. The van der Waals surface area contributed by atoms with E-state index in [2.05, 4.69) is 98.0 Å². The van der Waals surface area contributed by atoms with E-state index in [-0.39, 0.29) is 11.4 Å². The Morgan fingerprint density at radius 2 is 1.74 bits per heavy atom. The zero-order valence-corrected chi connectivity index (χ0v) is 27.2. The van der Waals surface area contributed by atoms with Crippen molar-refractivity contribution in [3.8, 4) is 11.3 Å². The van der Waals surface area contributed by atoms with Gasteiger partial charge in [0.2, 0.25) is 0 Å². The minimum Gasteiger partial charge on any atom is -0.342 e. The molecule has 0 radical (unpaired) electrons. The van der Waals surface area contributed by atoms with Crippen LogP contribution < -0.4 is 5.32 Å². The van der Waals surface area contributed by atoms with Gasteiger partial charge in [0.1, 0.15) is 0 Å². The molecule has 5 nitrogen and oxygen atoms in total. The quantitative estimate of drug-likeness (QED) is 0.196. The fourth-order valence-corrected chi connectivity index (χ4v) is 7.96. The molecule has 1 aliphatic carbocycles. The average Bonchev–Trinajstić information content (AvgIpc) is 3.61. The summed E-state index contributed by atoms with van der Waals surface area (Å²) in [6.45, 7) is 5.28. The number of rotatable bonds is 8. The van der Waals surface area contributed by atoms with Gasteiger partial charge in [-0.15, -0.1) is 11.8 Å². The van der Waals surface area contributed by atoms with E-state index < -0.39 is 0 Å². The molecule has 2 saturated heterocycles. The van der Waals surface area contributed by atoms with Gasteiger partial charge in [0, 0.05) is 38.5 Å². The number of carbonyl (C=O) groups excluding carboxylic acids is 1. The molecule has 0 atom stereocenters. The topological polar surface area (TPSA) is 48.5 Å². The van der Waals surface area contributed by atoms with E-state index in [0.29, 0.717) is 12.6 Å². The van der Waals surface area contributed by atoms with Gasteiger partial charge < -0.3 is 10.2 Å². The van der Waals surface area contributed by atoms with Crippen LogP contribution in [0.3, 0.4) is 0 Å². The molecule has 0 unspecified atom stereocenters. The fraction of sp³-hybridized carbons (Fsp3) is 0.389. The Balaban J connectivity index is 1.32. The summed E-state index contributed by atoms with van der Waals surface area (Å²) in [5.74, 6) is 0.00482. The summed E-state index contributed by atoms with van der Waals surface area (Å²) in [6, 6.07) is 25.8. The number of likely N-dealkylation sites (tertiary alicyclic amines) is 2. The first kappa shape index (κ1) is 29.0. The van der Waals surface area contributed by atoms with E-state index in [9.17, 15) is 4.79 Å². The molecule has 1 N–H and O–H groups in total. The Hall–Kier alpha value is -2.71. The molecule has 43 heavy (non-hydrogen) atoms. The summed E-state index contributed by atoms with van der Waals surface area (Å²) in [4.78, 5) is 26.3. The highest BCUT2D eigenvalue weighted by atomic mass is 79.9. The lowest BCUT2D eigenvalue weighted by atomic mass is 9.94. The van der Waals surface area contributed by atoms with Crippen molar-refractivity contribution < 1.29 is 4.79 Å². The van der Waals surface area contributed by atoms with Crippen LogP contribution in [0, 0.1) is 0 Å². The minimum absolute atomic E-state index is 0.00482. The molecule has 0 bridgehead atoms. The number of nitrogens with zero attached hydrogens (tertiary/aromatic N) is 3. The van der Waals surface area contributed by atoms with Gasteiger partial charge in [-0.1, -0.05) is 58.4 Å². The fourth-order valence-electron chi connectivity index (χ4n) is 7.12. The Labute approximate surface area is 267 Å². The second-order valence-corrected chi connectivity index (χ2v) is 14.2. The predicted molar refractivity (Wildman–Crippen MR) is 181 cm³/mol. The van der Waals surface area contributed by atoms with Crippen LogP contribution >= 0.6 is 27.7 Å². The summed E-state index contributed by atoms with van der Waals surface area (Å²) in [5.41, 5.74) is 5.49. The number of carbonyl (C=O) groups is 1. The number of hydrogen-bond acceptors (Lipinski definition) is 5. The van der Waals surface area contributed by atoms with E-state index in [1.54, 1.807) is 11.8 Å². The van der Waals surface area contributed by atoms with Gasteiger partial charge in [-0.25, -0.2) is 4.98 Å². The van der Waals surface area contributed by atoms with E-state index in [0.717, 1.165) is 68.6 Å². The van der Waals surface area contributed by atoms with Crippen molar-refractivity contribution in [3.63, 3.8) is 0 Å². The number of halogens is 1. The van der Waals surface area contributed by atoms with Crippen LogP contribution in [0.1, 0.15) is 60.0 Å². The lowest BCUT2D eigenvalue weighted by molar-refractivity contribution is 0.0927. The zero-order valence-electron chi connectivity index (χ0n) is 24.8. The smallest absolute Gasteiger partial charge is 0.253 e. The molecule has 7 rings (SSSR count). The zero-order chi connectivity index (χ0) is 29.4. The third kappa shape index (κ3) is 6.02. The molecule has 1 aromatic heterocycles. The highest BCUT2D eigenvalue weighted by molar-refractivity contribution is 9.10. The Morgan fingerprint density at radius 1 is 0.977 bits per heavy atom. The maximum atomic E-state index is 14.6. The molecule has 3 heterocycles. The number of amides is 1. The molecule has 3 aromatic carbocycles. The van der Waals surface area contributed by atoms with Crippen LogP contribution in [0.2, 0.25) is 0 Å². The van der Waals surface area contributed by atoms with E-state index in [1.165, 1.54) is 44.3 Å². The summed E-state index contributed by atoms with van der Waals surface area (Å²) in [6.07, 6.45) is 9.04. The lowest BCUT2D eigenvalue weighted by Gasteiger charge is -2.37. The molecule has 0 spiro atoms. The first-order chi connectivity index (χ1) is 21.0. The predicted octanol–water partition coefficient (Wildman–Crippen LogP) is 7.87. The first-order valence-electron chi connectivity index (χ1n) is 15.6. The normalized spacial score (nSPS) is 19.1. The van der Waals surface area contributed by atoms with Crippen molar-refractivity contribution in [2.75, 3.05) is 32.4 Å². The van der Waals surface area contributed by atoms with Crippen molar-refractivity contribution in [3.05, 3.63) is 94.0 Å². The molecule has 4 aromatic rings. The summed E-state index contributed by atoms with van der Waals surface area (Å²) >= 11 is 5.39. The highest BCUT2D eigenvalue weighted by Crippen LogP contribution is 2.46. The monoisotopic (exact) mass is 654 g/mol. The maximum Gasteiger partial charge on any atom is 0.253 e. The summed E-state index contributed by atoms with van der Waals surface area (Å²) < 4.78 is 1.01. The number of piperidine rings is 1. The van der Waals surface area contributed by atoms with Gasteiger partial charge in [0.25, 0.3) is 5.91 Å². The Kier molecular flexibility index (Phi) is 8.34. The summed E-state index contributed by atoms with van der Waals surface area (Å²) in [7, 11) is 0. The van der Waals surface area contributed by atoms with Crippen molar-refractivity contribution >= 4 is 44.5 Å². The van der Waals surface area contributed by atoms with Gasteiger partial charge in [0.05, 0.1) is 22.3 Å². The van der Waals surface area contributed by atoms with E-state index >= 15 is 0 Å². The molecule has 1 saturated carbocycles. The molecule has 222 valence electrons. The number of benzene rings is 3. The lowest BCUT2D eigenvalue weighted by Crippen LogP contribution is -2.43. The molecule has 7 heteroatoms. The van der Waals surface area contributed by atoms with Gasteiger partial charge in [-0.3, -0.25) is 9.69 Å². The van der Waals surface area contributed by atoms with Gasteiger partial charge in [0.15, 0.2) is 0 Å². The van der Waals surface area contributed by atoms with Crippen LogP contribution in [0.15, 0.2) is 82.2 Å². The second kappa shape index (κ2) is 12.4. The number of thioether (sulfide) groups is 1. The largest absolute Gasteiger partial charge is 0.342 e. The highest BCUT2D eigenvalue weighted by Gasteiger charge is 2.46.